The van der Waals surface area contributed by atoms with Crippen LogP contribution in [0.3, 0.4) is 0 Å². The van der Waals surface area contributed by atoms with Gasteiger partial charge in [-0.25, -0.2) is 9.67 Å². The Bertz CT molecular complexity index is 1280. The number of primary amides is 1. The number of hydrogen-bond donors (Lipinski definition) is 3. The smallest absolute Gasteiger partial charge is 0.262 e. The lowest BCUT2D eigenvalue weighted by Crippen LogP contribution is -2.16. The molecule has 2 aromatic carbocycles. The van der Waals surface area contributed by atoms with Gasteiger partial charge in [-0.05, 0) is 36.4 Å². The van der Waals surface area contributed by atoms with Gasteiger partial charge in [0.25, 0.3) is 5.56 Å². The van der Waals surface area contributed by atoms with Crippen LogP contribution in [-0.4, -0.2) is 37.3 Å². The summed E-state index contributed by atoms with van der Waals surface area (Å²) in [6.45, 7) is 0. The number of H-pyrrole nitrogens is 1. The number of aromatic amines is 1. The third kappa shape index (κ3) is 4.08. The van der Waals surface area contributed by atoms with Crippen molar-refractivity contribution in [2.45, 2.75) is 5.16 Å². The number of nitrogens with one attached hydrogen (secondary N) is 2. The van der Waals surface area contributed by atoms with Crippen LogP contribution < -0.4 is 16.6 Å². The van der Waals surface area contributed by atoms with Crippen LogP contribution in [0.5, 0.6) is 0 Å². The largest absolute Gasteiger partial charge is 0.366 e. The van der Waals surface area contributed by atoms with Crippen molar-refractivity contribution in [2.24, 2.45) is 5.73 Å². The Labute approximate surface area is 174 Å². The molecule has 0 unspecified atom stereocenters. The highest BCUT2D eigenvalue weighted by Crippen LogP contribution is 2.18. The van der Waals surface area contributed by atoms with E-state index in [2.05, 4.69) is 20.4 Å². The first-order valence-corrected chi connectivity index (χ1v) is 9.86. The molecule has 4 rings (SSSR count). The zero-order valence-electron chi connectivity index (χ0n) is 15.5. The lowest BCUT2D eigenvalue weighted by atomic mass is 10.2. The predicted molar refractivity (Wildman–Crippen MR) is 114 cm³/mol. The molecule has 0 atom stereocenters. The van der Waals surface area contributed by atoms with Gasteiger partial charge in [0.15, 0.2) is 10.8 Å². The Morgan fingerprint density at radius 1 is 1.10 bits per heavy atom. The maximum atomic E-state index is 12.4. The molecule has 0 fully saturated rings. The first kappa shape index (κ1) is 19.4. The zero-order valence-corrected chi connectivity index (χ0v) is 16.3. The van der Waals surface area contributed by atoms with Crippen LogP contribution in [0.4, 0.5) is 5.69 Å². The summed E-state index contributed by atoms with van der Waals surface area (Å²) < 4.78 is 1.58. The fourth-order valence-electron chi connectivity index (χ4n) is 2.77. The van der Waals surface area contributed by atoms with E-state index in [4.69, 9.17) is 5.73 Å². The number of aromatic nitrogens is 4. The first-order valence-electron chi connectivity index (χ1n) is 8.87. The molecule has 150 valence electrons. The highest BCUT2D eigenvalue weighted by atomic mass is 32.2. The number of amides is 2. The van der Waals surface area contributed by atoms with Gasteiger partial charge < -0.3 is 16.0 Å². The summed E-state index contributed by atoms with van der Waals surface area (Å²) in [6, 6.07) is 15.6. The van der Waals surface area contributed by atoms with E-state index < -0.39 is 5.91 Å². The number of carbonyl (C=O) groups is 2. The van der Waals surface area contributed by atoms with Crippen molar-refractivity contribution in [3.8, 4) is 5.69 Å². The van der Waals surface area contributed by atoms with Crippen molar-refractivity contribution < 1.29 is 9.59 Å². The van der Waals surface area contributed by atoms with E-state index in [0.717, 1.165) is 17.4 Å². The second-order valence-corrected chi connectivity index (χ2v) is 7.24. The number of nitrogens with two attached hydrogens (primary N) is 1. The molecule has 0 saturated heterocycles. The average Bonchev–Trinajstić information content (AvgIpc) is 3.18. The first-order chi connectivity index (χ1) is 14.5. The second-order valence-electron chi connectivity index (χ2n) is 6.28. The van der Waals surface area contributed by atoms with Crippen LogP contribution in [0.15, 0.2) is 70.7 Å². The van der Waals surface area contributed by atoms with Gasteiger partial charge in [0.2, 0.25) is 11.8 Å². The van der Waals surface area contributed by atoms with Crippen LogP contribution in [0.1, 0.15) is 10.4 Å². The van der Waals surface area contributed by atoms with Crippen molar-refractivity contribution in [1.29, 1.82) is 0 Å². The van der Waals surface area contributed by atoms with Crippen molar-refractivity contribution in [2.75, 3.05) is 11.1 Å². The highest BCUT2D eigenvalue weighted by Gasteiger charge is 2.13. The van der Waals surface area contributed by atoms with Crippen molar-refractivity contribution >= 4 is 40.3 Å². The van der Waals surface area contributed by atoms with Gasteiger partial charge in [-0.3, -0.25) is 14.4 Å². The van der Waals surface area contributed by atoms with Crippen LogP contribution in [0.25, 0.3) is 16.7 Å². The number of thioether (sulfide) groups is 1. The van der Waals surface area contributed by atoms with E-state index in [9.17, 15) is 14.4 Å². The molecule has 30 heavy (non-hydrogen) atoms. The van der Waals surface area contributed by atoms with E-state index in [1.165, 1.54) is 18.3 Å². The standard InChI is InChI=1S/C20H16N6O3S/c21-17(28)12-6-8-13(9-7-12)23-16(27)11-30-20-24-18-15(19(29)25-20)10-22-26(18)14-4-2-1-3-5-14/h1-10H,11H2,(H2,21,28)(H,23,27)(H,24,25,29). The van der Waals surface area contributed by atoms with E-state index in [1.807, 2.05) is 30.3 Å². The molecule has 0 saturated carbocycles. The van der Waals surface area contributed by atoms with Crippen molar-refractivity contribution in [3.63, 3.8) is 0 Å². The van der Waals surface area contributed by atoms with Crippen LogP contribution in [0, 0.1) is 0 Å². The SMILES string of the molecule is NC(=O)c1ccc(NC(=O)CSc2nc3c(cnn3-c3ccccc3)c(=O)[nH]2)cc1. The molecule has 2 aromatic heterocycles. The molecule has 0 radical (unpaired) electrons. The fraction of sp³-hybridized carbons (Fsp3) is 0.0500. The van der Waals surface area contributed by atoms with E-state index in [-0.39, 0.29) is 17.2 Å². The maximum Gasteiger partial charge on any atom is 0.262 e. The minimum atomic E-state index is -0.538. The van der Waals surface area contributed by atoms with Crippen molar-refractivity contribution in [3.05, 3.63) is 76.7 Å². The van der Waals surface area contributed by atoms with Crippen LogP contribution >= 0.6 is 11.8 Å². The Morgan fingerprint density at radius 2 is 1.83 bits per heavy atom. The lowest BCUT2D eigenvalue weighted by Gasteiger charge is -2.06. The number of benzene rings is 2. The molecule has 10 heteroatoms. The molecule has 2 heterocycles. The molecular formula is C20H16N6O3S. The Balaban J connectivity index is 1.49. The molecule has 0 spiro atoms. The molecule has 4 aromatic rings. The third-order valence-corrected chi connectivity index (χ3v) is 5.08. The Morgan fingerprint density at radius 3 is 2.53 bits per heavy atom. The number of fused-ring (bicyclic) bond motifs is 1. The van der Waals surface area contributed by atoms with E-state index >= 15 is 0 Å². The molecule has 0 bridgehead atoms. The summed E-state index contributed by atoms with van der Waals surface area (Å²) in [5.74, 6) is -0.791. The molecule has 2 amide bonds. The van der Waals surface area contributed by atoms with Gasteiger partial charge in [-0.1, -0.05) is 30.0 Å². The number of anilines is 1. The third-order valence-electron chi connectivity index (χ3n) is 4.21. The van der Waals surface area contributed by atoms with Gasteiger partial charge in [0.1, 0.15) is 5.39 Å². The minimum Gasteiger partial charge on any atom is -0.366 e. The lowest BCUT2D eigenvalue weighted by molar-refractivity contribution is -0.113. The zero-order chi connectivity index (χ0) is 21.1. The van der Waals surface area contributed by atoms with E-state index in [1.54, 1.807) is 16.8 Å². The number of rotatable bonds is 6. The van der Waals surface area contributed by atoms with Crippen LogP contribution in [-0.2, 0) is 4.79 Å². The Hall–Kier alpha value is -3.92. The van der Waals surface area contributed by atoms with Gasteiger partial charge in [0, 0.05) is 11.3 Å². The summed E-state index contributed by atoms with van der Waals surface area (Å²) in [7, 11) is 0. The maximum absolute atomic E-state index is 12.4. The second kappa shape index (κ2) is 8.21. The number of nitrogens with zero attached hydrogens (tertiary/aromatic N) is 3. The summed E-state index contributed by atoms with van der Waals surface area (Å²) >= 11 is 1.10. The predicted octanol–water partition coefficient (Wildman–Crippen LogP) is 1.94. The summed E-state index contributed by atoms with van der Waals surface area (Å²) in [5, 5.41) is 7.64. The van der Waals surface area contributed by atoms with Gasteiger partial charge in [-0.2, -0.15) is 5.10 Å². The summed E-state index contributed by atoms with van der Waals surface area (Å²) in [4.78, 5) is 42.8. The quantitative estimate of drug-likeness (QED) is 0.322. The van der Waals surface area contributed by atoms with Gasteiger partial charge >= 0.3 is 0 Å². The molecule has 9 nitrogen and oxygen atoms in total. The van der Waals surface area contributed by atoms with Gasteiger partial charge in [0.05, 0.1) is 17.6 Å². The molecule has 0 aliphatic rings. The normalized spacial score (nSPS) is 10.8. The molecule has 4 N–H and O–H groups in total. The fourth-order valence-corrected chi connectivity index (χ4v) is 3.43. The average molecular weight is 420 g/mol. The summed E-state index contributed by atoms with van der Waals surface area (Å²) in [6.07, 6.45) is 1.46. The summed E-state index contributed by atoms with van der Waals surface area (Å²) in [5.41, 5.74) is 6.95. The molecule has 0 aliphatic heterocycles. The van der Waals surface area contributed by atoms with E-state index in [0.29, 0.717) is 27.4 Å². The minimum absolute atomic E-state index is 0.0332. The molecule has 0 aliphatic carbocycles. The topological polar surface area (TPSA) is 136 Å². The van der Waals surface area contributed by atoms with Gasteiger partial charge in [-0.15, -0.1) is 0 Å². The molecular weight excluding hydrogens is 404 g/mol. The van der Waals surface area contributed by atoms with Crippen molar-refractivity contribution in [1.82, 2.24) is 19.7 Å². The number of para-hydroxylation sites is 1. The monoisotopic (exact) mass is 420 g/mol. The Kier molecular flexibility index (Phi) is 5.31. The van der Waals surface area contributed by atoms with Crippen LogP contribution in [0.2, 0.25) is 0 Å². The number of carbonyl (C=O) groups excluding carboxylic acids is 2. The highest BCUT2D eigenvalue weighted by molar-refractivity contribution is 7.99. The number of hydrogen-bond acceptors (Lipinski definition) is 6.